The van der Waals surface area contributed by atoms with Gasteiger partial charge in [0.25, 0.3) is 0 Å². The van der Waals surface area contributed by atoms with Gasteiger partial charge in [0.1, 0.15) is 5.75 Å². The average Bonchev–Trinajstić information content (AvgIpc) is 2.48. The number of rotatable bonds is 5. The number of ether oxygens (including phenoxy) is 1. The summed E-state index contributed by atoms with van der Waals surface area (Å²) < 4.78 is 5.22. The van der Waals surface area contributed by atoms with E-state index < -0.39 is 0 Å². The Morgan fingerprint density at radius 3 is 2.53 bits per heavy atom. The standard InChI is InChI=1S/C16H16O2S/c1-18-14-8-9-16(19-2)13(10-14)11-15(17)12-6-4-3-5-7-12/h3-10H,11H2,1-2H3. The summed E-state index contributed by atoms with van der Waals surface area (Å²) in [5, 5.41) is 0. The molecule has 98 valence electrons. The predicted molar refractivity (Wildman–Crippen MR) is 79.3 cm³/mol. The molecule has 0 heterocycles. The van der Waals surface area contributed by atoms with E-state index in [4.69, 9.17) is 4.74 Å². The zero-order valence-electron chi connectivity index (χ0n) is 11.1. The smallest absolute Gasteiger partial charge is 0.167 e. The van der Waals surface area contributed by atoms with Crippen LogP contribution in [0.25, 0.3) is 0 Å². The summed E-state index contributed by atoms with van der Waals surface area (Å²) in [5.74, 6) is 0.915. The Kier molecular flexibility index (Phi) is 4.63. The van der Waals surface area contributed by atoms with Gasteiger partial charge >= 0.3 is 0 Å². The average molecular weight is 272 g/mol. The van der Waals surface area contributed by atoms with E-state index >= 15 is 0 Å². The van der Waals surface area contributed by atoms with Crippen LogP contribution in [-0.2, 0) is 6.42 Å². The highest BCUT2D eigenvalue weighted by Crippen LogP contribution is 2.26. The molecule has 0 unspecified atom stereocenters. The van der Waals surface area contributed by atoms with E-state index in [9.17, 15) is 4.79 Å². The minimum atomic E-state index is 0.129. The van der Waals surface area contributed by atoms with Gasteiger partial charge in [-0.1, -0.05) is 30.3 Å². The summed E-state index contributed by atoms with van der Waals surface area (Å²) in [5.41, 5.74) is 1.76. The summed E-state index contributed by atoms with van der Waals surface area (Å²) in [6.45, 7) is 0. The number of carbonyl (C=O) groups excluding carboxylic acids is 1. The van der Waals surface area contributed by atoms with Gasteiger partial charge in [0.15, 0.2) is 5.78 Å². The van der Waals surface area contributed by atoms with Gasteiger partial charge in [0.2, 0.25) is 0 Å². The van der Waals surface area contributed by atoms with E-state index in [2.05, 4.69) is 0 Å². The zero-order chi connectivity index (χ0) is 13.7. The molecule has 19 heavy (non-hydrogen) atoms. The van der Waals surface area contributed by atoms with Gasteiger partial charge in [-0.3, -0.25) is 4.79 Å². The molecule has 0 aliphatic rings. The van der Waals surface area contributed by atoms with E-state index in [1.807, 2.05) is 54.8 Å². The Hall–Kier alpha value is -1.74. The lowest BCUT2D eigenvalue weighted by Crippen LogP contribution is -2.04. The first-order valence-corrected chi connectivity index (χ1v) is 7.26. The van der Waals surface area contributed by atoms with Crippen LogP contribution in [0.1, 0.15) is 15.9 Å². The number of carbonyl (C=O) groups is 1. The molecule has 0 fully saturated rings. The molecule has 0 N–H and O–H groups in total. The number of benzene rings is 2. The van der Waals surface area contributed by atoms with Crippen LogP contribution >= 0.6 is 11.8 Å². The first-order valence-electron chi connectivity index (χ1n) is 6.03. The molecule has 0 spiro atoms. The molecule has 0 atom stereocenters. The molecule has 2 aromatic carbocycles. The Morgan fingerprint density at radius 2 is 1.89 bits per heavy atom. The van der Waals surface area contributed by atoms with Gasteiger partial charge in [0.05, 0.1) is 7.11 Å². The number of hydrogen-bond acceptors (Lipinski definition) is 3. The fourth-order valence-electron chi connectivity index (χ4n) is 1.92. The molecule has 3 heteroatoms. The summed E-state index contributed by atoms with van der Waals surface area (Å²) in [6, 6.07) is 15.2. The Labute approximate surface area is 117 Å². The lowest BCUT2D eigenvalue weighted by molar-refractivity contribution is 0.0992. The third-order valence-electron chi connectivity index (χ3n) is 2.93. The van der Waals surface area contributed by atoms with Crippen molar-refractivity contribution in [3.05, 3.63) is 59.7 Å². The second kappa shape index (κ2) is 6.43. The number of methoxy groups -OCH3 is 1. The highest BCUT2D eigenvalue weighted by Gasteiger charge is 2.10. The molecular formula is C16H16O2S. The van der Waals surface area contributed by atoms with Gasteiger partial charge in [0, 0.05) is 16.9 Å². The van der Waals surface area contributed by atoms with Crippen LogP contribution in [0.15, 0.2) is 53.4 Å². The minimum Gasteiger partial charge on any atom is -0.497 e. The molecule has 2 rings (SSSR count). The SMILES string of the molecule is COc1ccc(SC)c(CC(=O)c2ccccc2)c1. The first kappa shape index (κ1) is 13.7. The maximum atomic E-state index is 12.2. The number of thioether (sulfide) groups is 1. The number of Topliss-reactive ketones (excluding diaryl/α,β-unsaturated/α-hetero) is 1. The fourth-order valence-corrected chi connectivity index (χ4v) is 2.52. The van der Waals surface area contributed by atoms with Crippen LogP contribution < -0.4 is 4.74 Å². The van der Waals surface area contributed by atoms with Crippen LogP contribution in [0.3, 0.4) is 0 Å². The van der Waals surface area contributed by atoms with E-state index in [0.717, 1.165) is 21.8 Å². The molecule has 0 radical (unpaired) electrons. The topological polar surface area (TPSA) is 26.3 Å². The van der Waals surface area contributed by atoms with Crippen LogP contribution in [0.2, 0.25) is 0 Å². The highest BCUT2D eigenvalue weighted by molar-refractivity contribution is 7.98. The molecule has 0 aliphatic carbocycles. The molecule has 0 amide bonds. The third kappa shape index (κ3) is 3.38. The van der Waals surface area contributed by atoms with E-state index in [1.165, 1.54) is 0 Å². The van der Waals surface area contributed by atoms with Crippen molar-refractivity contribution >= 4 is 17.5 Å². The van der Waals surface area contributed by atoms with Crippen molar-refractivity contribution < 1.29 is 9.53 Å². The number of hydrogen-bond donors (Lipinski definition) is 0. The largest absolute Gasteiger partial charge is 0.497 e. The molecule has 2 nitrogen and oxygen atoms in total. The predicted octanol–water partition coefficient (Wildman–Crippen LogP) is 3.84. The lowest BCUT2D eigenvalue weighted by atomic mass is 10.0. The van der Waals surface area contributed by atoms with Crippen molar-refractivity contribution in [1.82, 2.24) is 0 Å². The van der Waals surface area contributed by atoms with Crippen LogP contribution in [0, 0.1) is 0 Å². The Bertz CT molecular complexity index is 564. The van der Waals surface area contributed by atoms with Gasteiger partial charge in [-0.05, 0) is 30.0 Å². The Balaban J connectivity index is 2.25. The maximum absolute atomic E-state index is 12.2. The van der Waals surface area contributed by atoms with Gasteiger partial charge < -0.3 is 4.74 Å². The quantitative estimate of drug-likeness (QED) is 0.611. The fraction of sp³-hybridized carbons (Fsp3) is 0.188. The molecule has 0 saturated carbocycles. The van der Waals surface area contributed by atoms with Crippen LogP contribution in [-0.4, -0.2) is 19.1 Å². The molecule has 0 saturated heterocycles. The van der Waals surface area contributed by atoms with Gasteiger partial charge in [-0.2, -0.15) is 0 Å². The second-order valence-corrected chi connectivity index (χ2v) is 4.99. The Morgan fingerprint density at radius 1 is 1.16 bits per heavy atom. The van der Waals surface area contributed by atoms with E-state index in [1.54, 1.807) is 18.9 Å². The molecule has 0 aromatic heterocycles. The zero-order valence-corrected chi connectivity index (χ0v) is 11.9. The van der Waals surface area contributed by atoms with Crippen LogP contribution in [0.5, 0.6) is 5.75 Å². The second-order valence-electron chi connectivity index (χ2n) is 4.14. The van der Waals surface area contributed by atoms with E-state index in [-0.39, 0.29) is 5.78 Å². The summed E-state index contributed by atoms with van der Waals surface area (Å²) in [6.07, 6.45) is 2.41. The van der Waals surface area contributed by atoms with Gasteiger partial charge in [-0.25, -0.2) is 0 Å². The molecule has 0 aliphatic heterocycles. The van der Waals surface area contributed by atoms with Crippen molar-refractivity contribution in [3.63, 3.8) is 0 Å². The molecule has 2 aromatic rings. The lowest BCUT2D eigenvalue weighted by Gasteiger charge is -2.09. The van der Waals surface area contributed by atoms with Crippen molar-refractivity contribution in [1.29, 1.82) is 0 Å². The maximum Gasteiger partial charge on any atom is 0.167 e. The molecular weight excluding hydrogens is 256 g/mol. The van der Waals surface area contributed by atoms with Crippen LogP contribution in [0.4, 0.5) is 0 Å². The summed E-state index contributed by atoms with van der Waals surface area (Å²) in [4.78, 5) is 13.3. The van der Waals surface area contributed by atoms with Crippen molar-refractivity contribution in [3.8, 4) is 5.75 Å². The van der Waals surface area contributed by atoms with Crippen molar-refractivity contribution in [2.24, 2.45) is 0 Å². The normalized spacial score (nSPS) is 10.2. The molecule has 0 bridgehead atoms. The van der Waals surface area contributed by atoms with E-state index in [0.29, 0.717) is 6.42 Å². The summed E-state index contributed by atoms with van der Waals surface area (Å²) in [7, 11) is 1.64. The summed E-state index contributed by atoms with van der Waals surface area (Å²) >= 11 is 1.64. The number of ketones is 1. The monoisotopic (exact) mass is 272 g/mol. The highest BCUT2D eigenvalue weighted by atomic mass is 32.2. The van der Waals surface area contributed by atoms with Gasteiger partial charge in [-0.15, -0.1) is 11.8 Å². The first-order chi connectivity index (χ1) is 9.24. The van der Waals surface area contributed by atoms with Crippen molar-refractivity contribution in [2.75, 3.05) is 13.4 Å². The van der Waals surface area contributed by atoms with Crippen molar-refractivity contribution in [2.45, 2.75) is 11.3 Å². The third-order valence-corrected chi connectivity index (χ3v) is 3.77. The minimum absolute atomic E-state index is 0.129.